The Morgan fingerprint density at radius 2 is 2.31 bits per heavy atom. The molecule has 2 aliphatic rings. The van der Waals surface area contributed by atoms with E-state index in [1.54, 1.807) is 6.07 Å². The maximum atomic E-state index is 11.5. The number of nitrogens with one attached hydrogen (secondary N) is 1. The zero-order valence-corrected chi connectivity index (χ0v) is 6.74. The fourth-order valence-electron chi connectivity index (χ4n) is 1.39. The molecule has 2 saturated heterocycles. The summed E-state index contributed by atoms with van der Waals surface area (Å²) in [5.41, 5.74) is -0.867. The molecule has 1 spiro atoms. The topological polar surface area (TPSA) is 82.4 Å². The van der Waals surface area contributed by atoms with Gasteiger partial charge in [-0.25, -0.2) is 9.69 Å². The lowest BCUT2D eigenvalue weighted by Crippen LogP contribution is -2.62. The van der Waals surface area contributed by atoms with E-state index in [9.17, 15) is 9.59 Å². The third-order valence-electron chi connectivity index (χ3n) is 2.17. The van der Waals surface area contributed by atoms with Gasteiger partial charge in [0.25, 0.3) is 5.91 Å². The molecular weight excluding hydrogens is 174 g/mol. The highest BCUT2D eigenvalue weighted by Gasteiger charge is 2.56. The van der Waals surface area contributed by atoms with E-state index in [1.165, 1.54) is 0 Å². The van der Waals surface area contributed by atoms with Crippen LogP contribution in [0, 0.1) is 11.3 Å². The first kappa shape index (κ1) is 8.01. The van der Waals surface area contributed by atoms with Crippen molar-refractivity contribution in [1.29, 1.82) is 5.26 Å². The van der Waals surface area contributed by atoms with Gasteiger partial charge in [-0.2, -0.15) is 5.26 Å². The average Bonchev–Trinajstić information content (AvgIpc) is 2.28. The summed E-state index contributed by atoms with van der Waals surface area (Å²) in [5, 5.41) is 10.9. The lowest BCUT2D eigenvalue weighted by Gasteiger charge is -2.34. The summed E-state index contributed by atoms with van der Waals surface area (Å²) in [6.07, 6.45) is 0. The van der Waals surface area contributed by atoms with Crippen LogP contribution in [0.3, 0.4) is 0 Å². The first-order valence-corrected chi connectivity index (χ1v) is 3.78. The van der Waals surface area contributed by atoms with Crippen LogP contribution in [0.4, 0.5) is 4.79 Å². The number of nitrogens with zero attached hydrogens (tertiary/aromatic N) is 2. The lowest BCUT2D eigenvalue weighted by atomic mass is 9.98. The van der Waals surface area contributed by atoms with E-state index in [-0.39, 0.29) is 25.7 Å². The Labute approximate surface area is 74.1 Å². The Kier molecular flexibility index (Phi) is 1.50. The van der Waals surface area contributed by atoms with Crippen LogP contribution in [0.15, 0.2) is 0 Å². The molecule has 2 heterocycles. The van der Waals surface area contributed by atoms with Crippen molar-refractivity contribution in [2.75, 3.05) is 19.8 Å². The van der Waals surface area contributed by atoms with Crippen LogP contribution in [0.2, 0.25) is 0 Å². The largest absolute Gasteiger partial charge is 0.375 e. The Balaban J connectivity index is 2.20. The summed E-state index contributed by atoms with van der Waals surface area (Å²) < 4.78 is 4.86. The maximum absolute atomic E-state index is 11.5. The molecule has 0 unspecified atom stereocenters. The van der Waals surface area contributed by atoms with Crippen LogP contribution >= 0.6 is 0 Å². The monoisotopic (exact) mass is 181 g/mol. The molecule has 0 aromatic heterocycles. The molecule has 2 aliphatic heterocycles. The van der Waals surface area contributed by atoms with Gasteiger partial charge < -0.3 is 10.1 Å². The molecule has 1 N–H and O–H groups in total. The van der Waals surface area contributed by atoms with Crippen LogP contribution in [0.5, 0.6) is 0 Å². The predicted octanol–water partition coefficient (Wildman–Crippen LogP) is -1.17. The minimum atomic E-state index is -0.867. The molecule has 0 radical (unpaired) electrons. The van der Waals surface area contributed by atoms with Crippen molar-refractivity contribution < 1.29 is 14.3 Å². The summed E-state index contributed by atoms with van der Waals surface area (Å²) in [6.45, 7) is 0.214. The van der Waals surface area contributed by atoms with Gasteiger partial charge in [-0.1, -0.05) is 0 Å². The highest BCUT2D eigenvalue weighted by Crippen LogP contribution is 2.25. The molecule has 0 aliphatic carbocycles. The number of rotatable bonds is 1. The lowest BCUT2D eigenvalue weighted by molar-refractivity contribution is -0.147. The molecular formula is C7H7N3O3. The van der Waals surface area contributed by atoms with E-state index >= 15 is 0 Å². The van der Waals surface area contributed by atoms with E-state index in [1.807, 2.05) is 0 Å². The first-order valence-electron chi connectivity index (χ1n) is 3.78. The van der Waals surface area contributed by atoms with Crippen molar-refractivity contribution in [1.82, 2.24) is 10.2 Å². The van der Waals surface area contributed by atoms with Gasteiger partial charge in [0.1, 0.15) is 6.54 Å². The van der Waals surface area contributed by atoms with Crippen molar-refractivity contribution in [3.8, 4) is 6.07 Å². The summed E-state index contributed by atoms with van der Waals surface area (Å²) in [7, 11) is 0. The number of urea groups is 1. The molecule has 0 aromatic carbocycles. The molecule has 0 aromatic rings. The molecule has 6 heteroatoms. The molecule has 0 bridgehead atoms. The Morgan fingerprint density at radius 1 is 1.62 bits per heavy atom. The number of nitriles is 1. The van der Waals surface area contributed by atoms with Crippen LogP contribution in [0.1, 0.15) is 0 Å². The number of carbonyl (C=O) groups is 2. The standard InChI is InChI=1S/C7H7N3O3/c8-1-2-10-5(11)7(3-13-4-7)9-6(10)12/h2-4H2,(H,9,12). The number of ether oxygens (including phenoxy) is 1. The van der Waals surface area contributed by atoms with Gasteiger partial charge in [0.2, 0.25) is 0 Å². The number of carbonyl (C=O) groups excluding carboxylic acids is 2. The van der Waals surface area contributed by atoms with Crippen LogP contribution in [-0.2, 0) is 9.53 Å². The van der Waals surface area contributed by atoms with Crippen molar-refractivity contribution >= 4 is 11.9 Å². The van der Waals surface area contributed by atoms with E-state index in [4.69, 9.17) is 10.00 Å². The molecule has 68 valence electrons. The van der Waals surface area contributed by atoms with Gasteiger partial charge in [-0.15, -0.1) is 0 Å². The average molecular weight is 181 g/mol. The third-order valence-corrected chi connectivity index (χ3v) is 2.17. The number of hydrogen-bond acceptors (Lipinski definition) is 4. The van der Waals surface area contributed by atoms with Gasteiger partial charge >= 0.3 is 6.03 Å². The number of imide groups is 1. The zero-order valence-electron chi connectivity index (χ0n) is 6.74. The molecule has 13 heavy (non-hydrogen) atoms. The Morgan fingerprint density at radius 3 is 2.69 bits per heavy atom. The Bertz CT molecular complexity index is 315. The van der Waals surface area contributed by atoms with Crippen LogP contribution in [0.25, 0.3) is 0 Å². The van der Waals surface area contributed by atoms with E-state index < -0.39 is 11.6 Å². The second-order valence-corrected chi connectivity index (χ2v) is 3.05. The summed E-state index contributed by atoms with van der Waals surface area (Å²) >= 11 is 0. The van der Waals surface area contributed by atoms with Crippen LogP contribution in [-0.4, -0.2) is 42.1 Å². The van der Waals surface area contributed by atoms with Crippen molar-refractivity contribution in [3.05, 3.63) is 0 Å². The van der Waals surface area contributed by atoms with Gasteiger partial charge in [0, 0.05) is 0 Å². The van der Waals surface area contributed by atoms with Gasteiger partial charge in [0.05, 0.1) is 19.3 Å². The van der Waals surface area contributed by atoms with Crippen molar-refractivity contribution in [2.45, 2.75) is 5.54 Å². The Hall–Kier alpha value is -1.61. The second kappa shape index (κ2) is 2.44. The summed E-state index contributed by atoms with van der Waals surface area (Å²) in [4.78, 5) is 23.6. The predicted molar refractivity (Wildman–Crippen MR) is 39.4 cm³/mol. The minimum Gasteiger partial charge on any atom is -0.375 e. The minimum absolute atomic E-state index is 0.202. The first-order chi connectivity index (χ1) is 6.19. The van der Waals surface area contributed by atoms with Gasteiger partial charge in [-0.05, 0) is 0 Å². The van der Waals surface area contributed by atoms with Crippen molar-refractivity contribution in [3.63, 3.8) is 0 Å². The zero-order chi connectivity index (χ0) is 9.47. The molecule has 0 atom stereocenters. The van der Waals surface area contributed by atoms with E-state index in [0.717, 1.165) is 4.90 Å². The van der Waals surface area contributed by atoms with Gasteiger partial charge in [0.15, 0.2) is 5.54 Å². The van der Waals surface area contributed by atoms with Crippen LogP contribution < -0.4 is 5.32 Å². The quantitative estimate of drug-likeness (QED) is 0.408. The smallest absolute Gasteiger partial charge is 0.326 e. The molecule has 2 fully saturated rings. The van der Waals surface area contributed by atoms with Crippen molar-refractivity contribution in [2.24, 2.45) is 0 Å². The summed E-state index contributed by atoms with van der Waals surface area (Å²) in [6, 6.07) is 1.26. The molecule has 3 amide bonds. The maximum Gasteiger partial charge on any atom is 0.326 e. The fraction of sp³-hybridized carbons (Fsp3) is 0.571. The van der Waals surface area contributed by atoms with Gasteiger partial charge in [-0.3, -0.25) is 4.79 Å². The van der Waals surface area contributed by atoms with E-state index in [2.05, 4.69) is 5.32 Å². The highest BCUT2D eigenvalue weighted by atomic mass is 16.5. The van der Waals surface area contributed by atoms with E-state index in [0.29, 0.717) is 0 Å². The number of hydrogen-bond donors (Lipinski definition) is 1. The third kappa shape index (κ3) is 0.907. The second-order valence-electron chi connectivity index (χ2n) is 3.05. The normalized spacial score (nSPS) is 24.1. The number of amides is 3. The molecule has 6 nitrogen and oxygen atoms in total. The fourth-order valence-corrected chi connectivity index (χ4v) is 1.39. The highest BCUT2D eigenvalue weighted by molar-refractivity contribution is 6.07. The molecule has 2 rings (SSSR count). The SMILES string of the molecule is N#CCN1C(=O)NC2(COC2)C1=O. The molecule has 0 saturated carbocycles. The summed E-state index contributed by atoms with van der Waals surface area (Å²) in [5.74, 6) is -0.356.